The Hall–Kier alpha value is -2.54. The molecule has 0 saturated heterocycles. The van der Waals surface area contributed by atoms with Crippen LogP contribution in [0.2, 0.25) is 0 Å². The van der Waals surface area contributed by atoms with Crippen LogP contribution in [0.1, 0.15) is 17.1 Å². The average molecular weight is 371 g/mol. The number of anilines is 1. The van der Waals surface area contributed by atoms with Gasteiger partial charge in [0.2, 0.25) is 0 Å². The summed E-state index contributed by atoms with van der Waals surface area (Å²) in [6, 6.07) is 8.00. The summed E-state index contributed by atoms with van der Waals surface area (Å²) < 4.78 is 2.77. The summed E-state index contributed by atoms with van der Waals surface area (Å²) in [5, 5.41) is 4.43. The van der Waals surface area contributed by atoms with Gasteiger partial charge in [-0.15, -0.1) is 0 Å². The van der Waals surface area contributed by atoms with Gasteiger partial charge in [0.05, 0.1) is 22.9 Å². The fraction of sp³-hybridized carbons (Fsp3) is 0.125. The largest absolute Gasteiger partial charge is 0.383 e. The molecule has 0 radical (unpaired) electrons. The van der Waals surface area contributed by atoms with Gasteiger partial charge < -0.3 is 15.7 Å². The Balaban J connectivity index is 1.70. The van der Waals surface area contributed by atoms with Crippen molar-refractivity contribution >= 4 is 32.8 Å². The zero-order valence-corrected chi connectivity index (χ0v) is 14.1. The van der Waals surface area contributed by atoms with Crippen LogP contribution in [-0.4, -0.2) is 24.7 Å². The number of benzene rings is 1. The number of aryl methyl sites for hydroxylation is 1. The van der Waals surface area contributed by atoms with Gasteiger partial charge in [0.1, 0.15) is 11.6 Å². The number of aromatic nitrogens is 5. The Morgan fingerprint density at radius 2 is 2.17 bits per heavy atom. The molecular weight excluding hydrogens is 356 g/mol. The average Bonchev–Trinajstić information content (AvgIpc) is 3.18. The number of rotatable bonds is 3. The molecule has 0 fully saturated rings. The first kappa shape index (κ1) is 14.1. The lowest BCUT2D eigenvalue weighted by molar-refractivity contribution is 0.892. The molecule has 0 bridgehead atoms. The van der Waals surface area contributed by atoms with Gasteiger partial charge in [-0.3, -0.25) is 0 Å². The Morgan fingerprint density at radius 1 is 1.30 bits per heavy atom. The van der Waals surface area contributed by atoms with Gasteiger partial charge >= 0.3 is 0 Å². The first-order valence-corrected chi connectivity index (χ1v) is 8.01. The number of fused-ring (bicyclic) bond motifs is 1. The van der Waals surface area contributed by atoms with E-state index in [2.05, 4.69) is 36.0 Å². The smallest absolute Gasteiger partial charge is 0.130 e. The molecule has 23 heavy (non-hydrogen) atoms. The molecule has 0 aliphatic carbocycles. The predicted octanol–water partition coefficient (Wildman–Crippen LogP) is 3.32. The van der Waals surface area contributed by atoms with Crippen LogP contribution in [0, 0.1) is 6.92 Å². The van der Waals surface area contributed by atoms with Crippen molar-refractivity contribution < 1.29 is 0 Å². The molecule has 3 aromatic heterocycles. The van der Waals surface area contributed by atoms with Crippen molar-refractivity contribution in [3.63, 3.8) is 0 Å². The van der Waals surface area contributed by atoms with Gasteiger partial charge in [-0.1, -0.05) is 0 Å². The monoisotopic (exact) mass is 370 g/mol. The van der Waals surface area contributed by atoms with E-state index in [4.69, 9.17) is 5.73 Å². The number of H-pyrrole nitrogens is 2. The molecule has 7 heteroatoms. The van der Waals surface area contributed by atoms with Crippen LogP contribution in [0.25, 0.3) is 16.7 Å². The van der Waals surface area contributed by atoms with E-state index < -0.39 is 0 Å². The van der Waals surface area contributed by atoms with E-state index in [1.165, 1.54) is 0 Å². The van der Waals surface area contributed by atoms with Crippen LogP contribution in [-0.2, 0) is 6.42 Å². The van der Waals surface area contributed by atoms with Crippen molar-refractivity contribution in [2.45, 2.75) is 13.3 Å². The van der Waals surface area contributed by atoms with Gasteiger partial charge in [0.25, 0.3) is 0 Å². The van der Waals surface area contributed by atoms with E-state index in [0.717, 1.165) is 38.3 Å². The van der Waals surface area contributed by atoms with Crippen molar-refractivity contribution in [2.24, 2.45) is 0 Å². The van der Waals surface area contributed by atoms with Crippen LogP contribution < -0.4 is 5.73 Å². The van der Waals surface area contributed by atoms with Crippen molar-refractivity contribution in [3.8, 4) is 5.69 Å². The van der Waals surface area contributed by atoms with E-state index >= 15 is 0 Å². The Labute approximate surface area is 140 Å². The molecule has 4 rings (SSSR count). The normalized spacial score (nSPS) is 11.4. The van der Waals surface area contributed by atoms with E-state index in [0.29, 0.717) is 12.2 Å². The number of nitrogens with zero attached hydrogens (tertiary/aromatic N) is 3. The lowest BCUT2D eigenvalue weighted by Gasteiger charge is -2.05. The second-order valence-corrected chi connectivity index (χ2v) is 6.43. The quantitative estimate of drug-likeness (QED) is 0.516. The third-order valence-corrected chi connectivity index (χ3v) is 4.26. The number of nitrogens with one attached hydrogen (secondary N) is 2. The molecule has 0 saturated carbocycles. The van der Waals surface area contributed by atoms with E-state index in [1.54, 1.807) is 4.68 Å². The maximum absolute atomic E-state index is 6.29. The lowest BCUT2D eigenvalue weighted by Crippen LogP contribution is -2.03. The lowest BCUT2D eigenvalue weighted by atomic mass is 10.2. The molecular formula is C16H15BrN6. The highest BCUT2D eigenvalue weighted by Crippen LogP contribution is 2.23. The topological polar surface area (TPSA) is 88.3 Å². The first-order chi connectivity index (χ1) is 11.1. The van der Waals surface area contributed by atoms with Gasteiger partial charge in [-0.25, -0.2) is 9.67 Å². The highest BCUT2D eigenvalue weighted by Gasteiger charge is 2.11. The van der Waals surface area contributed by atoms with Crippen molar-refractivity contribution in [2.75, 3.05) is 5.73 Å². The fourth-order valence-electron chi connectivity index (χ4n) is 2.71. The molecule has 4 N–H and O–H groups in total. The Bertz CT molecular complexity index is 993. The third-order valence-electron chi connectivity index (χ3n) is 3.80. The molecule has 0 aliphatic heterocycles. The molecule has 0 atom stereocenters. The molecule has 0 spiro atoms. The van der Waals surface area contributed by atoms with Crippen molar-refractivity contribution in [1.82, 2.24) is 24.7 Å². The van der Waals surface area contributed by atoms with Crippen LogP contribution in [0.4, 0.5) is 5.82 Å². The summed E-state index contributed by atoms with van der Waals surface area (Å²) >= 11 is 3.44. The summed E-state index contributed by atoms with van der Waals surface area (Å²) in [6.07, 6.45) is 4.43. The van der Waals surface area contributed by atoms with Gasteiger partial charge in [0.15, 0.2) is 0 Å². The highest BCUT2D eigenvalue weighted by molar-refractivity contribution is 9.10. The predicted molar refractivity (Wildman–Crippen MR) is 93.7 cm³/mol. The zero-order chi connectivity index (χ0) is 16.0. The highest BCUT2D eigenvalue weighted by atomic mass is 79.9. The number of hydrogen-bond donors (Lipinski definition) is 3. The van der Waals surface area contributed by atoms with Crippen molar-refractivity contribution in [3.05, 3.63) is 58.2 Å². The number of nitrogens with two attached hydrogens (primary N) is 1. The molecule has 0 amide bonds. The molecule has 3 heterocycles. The number of nitrogen functional groups attached to an aromatic ring is 1. The zero-order valence-electron chi connectivity index (χ0n) is 12.5. The minimum atomic E-state index is 0.641. The molecule has 0 aliphatic rings. The Kier molecular flexibility index (Phi) is 3.23. The maximum Gasteiger partial charge on any atom is 0.130 e. The molecule has 1 aromatic carbocycles. The number of aromatic amines is 2. The van der Waals surface area contributed by atoms with Gasteiger partial charge in [-0.05, 0) is 47.1 Å². The second kappa shape index (κ2) is 5.27. The van der Waals surface area contributed by atoms with Crippen LogP contribution >= 0.6 is 15.9 Å². The van der Waals surface area contributed by atoms with Gasteiger partial charge in [0, 0.05) is 28.3 Å². The summed E-state index contributed by atoms with van der Waals surface area (Å²) in [5.41, 5.74) is 11.2. The minimum Gasteiger partial charge on any atom is -0.383 e. The molecule has 4 aromatic rings. The van der Waals surface area contributed by atoms with Gasteiger partial charge in [-0.2, -0.15) is 5.10 Å². The van der Waals surface area contributed by atoms with E-state index in [-0.39, 0.29) is 0 Å². The van der Waals surface area contributed by atoms with E-state index in [1.807, 2.05) is 43.6 Å². The summed E-state index contributed by atoms with van der Waals surface area (Å²) in [5.74, 6) is 1.53. The molecule has 116 valence electrons. The van der Waals surface area contributed by atoms with Crippen molar-refractivity contribution in [1.29, 1.82) is 0 Å². The van der Waals surface area contributed by atoms with E-state index in [9.17, 15) is 0 Å². The van der Waals surface area contributed by atoms with Crippen LogP contribution in [0.3, 0.4) is 0 Å². The standard InChI is InChI=1S/C16H15BrN6/c1-9-21-14-3-2-13(6-15(14)22-9)23-16(18)10(7-20-23)4-12-5-11(17)8-19-12/h2-3,5-8,19H,4,18H2,1H3,(H,21,22). The molecule has 0 unspecified atom stereocenters. The van der Waals surface area contributed by atoms with Crippen LogP contribution in [0.5, 0.6) is 0 Å². The number of hydrogen-bond acceptors (Lipinski definition) is 3. The molecule has 6 nitrogen and oxygen atoms in total. The minimum absolute atomic E-state index is 0.641. The fourth-order valence-corrected chi connectivity index (χ4v) is 3.10. The second-order valence-electron chi connectivity index (χ2n) is 5.51. The maximum atomic E-state index is 6.29. The summed E-state index contributed by atoms with van der Waals surface area (Å²) in [7, 11) is 0. The third kappa shape index (κ3) is 2.53. The number of imidazole rings is 1. The first-order valence-electron chi connectivity index (χ1n) is 7.22. The summed E-state index contributed by atoms with van der Waals surface area (Å²) in [4.78, 5) is 10.9. The Morgan fingerprint density at radius 3 is 2.96 bits per heavy atom. The number of halogens is 1. The van der Waals surface area contributed by atoms with Crippen LogP contribution in [0.15, 0.2) is 41.1 Å². The SMILES string of the molecule is Cc1nc2cc(-n3ncc(Cc4cc(Br)c[nH]4)c3N)ccc2[nH]1. The summed E-state index contributed by atoms with van der Waals surface area (Å²) in [6.45, 7) is 1.94.